The van der Waals surface area contributed by atoms with Crippen LogP contribution in [-0.2, 0) is 0 Å². The summed E-state index contributed by atoms with van der Waals surface area (Å²) in [6.07, 6.45) is 1.31. The lowest BCUT2D eigenvalue weighted by Gasteiger charge is -2.07. The average molecular weight is 424 g/mol. The fourth-order valence-corrected chi connectivity index (χ4v) is 2.80. The first-order valence-electron chi connectivity index (χ1n) is 8.85. The number of hydrogen-bond acceptors (Lipinski definition) is 5. The molecule has 152 valence electrons. The van der Waals surface area contributed by atoms with E-state index in [0.29, 0.717) is 33.1 Å². The van der Waals surface area contributed by atoms with Gasteiger partial charge in [-0.25, -0.2) is 5.43 Å². The van der Waals surface area contributed by atoms with Gasteiger partial charge in [0.05, 0.1) is 23.9 Å². The lowest BCUT2D eigenvalue weighted by molar-refractivity contribution is 0.0954. The quantitative estimate of drug-likeness (QED) is 0.411. The molecule has 2 amide bonds. The van der Waals surface area contributed by atoms with Gasteiger partial charge in [0.1, 0.15) is 0 Å². The van der Waals surface area contributed by atoms with Crippen LogP contribution in [-0.4, -0.2) is 30.2 Å². The number of carbonyl (C=O) groups is 2. The van der Waals surface area contributed by atoms with Gasteiger partial charge in [-0.3, -0.25) is 9.59 Å². The van der Waals surface area contributed by atoms with E-state index in [1.807, 2.05) is 0 Å². The first kappa shape index (κ1) is 20.9. The monoisotopic (exact) mass is 423 g/mol. The Labute approximate surface area is 178 Å². The summed E-state index contributed by atoms with van der Waals surface area (Å²) in [6, 6.07) is 17.9. The zero-order chi connectivity index (χ0) is 21.5. The second-order valence-electron chi connectivity index (χ2n) is 6.11. The number of nitrogens with zero attached hydrogens (tertiary/aromatic N) is 1. The van der Waals surface area contributed by atoms with E-state index >= 15 is 0 Å². The number of amides is 2. The first-order valence-corrected chi connectivity index (χ1v) is 9.22. The predicted molar refractivity (Wildman–Crippen MR) is 116 cm³/mol. The maximum atomic E-state index is 12.3. The molecular formula is C22H18ClN3O4. The highest BCUT2D eigenvalue weighted by Crippen LogP contribution is 2.27. The number of aromatic hydroxyl groups is 1. The molecule has 0 aliphatic rings. The van der Waals surface area contributed by atoms with E-state index in [-0.39, 0.29) is 11.7 Å². The number of ether oxygens (including phenoxy) is 1. The number of benzene rings is 3. The van der Waals surface area contributed by atoms with Crippen molar-refractivity contribution in [2.45, 2.75) is 0 Å². The van der Waals surface area contributed by atoms with Gasteiger partial charge >= 0.3 is 0 Å². The molecule has 0 unspecified atom stereocenters. The molecule has 0 aromatic heterocycles. The van der Waals surface area contributed by atoms with Gasteiger partial charge in [0.15, 0.2) is 11.5 Å². The molecule has 8 heteroatoms. The maximum Gasteiger partial charge on any atom is 0.271 e. The Balaban J connectivity index is 1.61. The molecular weight excluding hydrogens is 406 g/mol. The van der Waals surface area contributed by atoms with E-state index < -0.39 is 5.91 Å². The van der Waals surface area contributed by atoms with Crippen molar-refractivity contribution in [2.75, 3.05) is 12.4 Å². The van der Waals surface area contributed by atoms with Crippen LogP contribution in [0.5, 0.6) is 11.5 Å². The number of hydrogen-bond donors (Lipinski definition) is 3. The van der Waals surface area contributed by atoms with E-state index in [4.69, 9.17) is 16.3 Å². The van der Waals surface area contributed by atoms with Gasteiger partial charge in [-0.05, 0) is 48.5 Å². The number of anilines is 1. The van der Waals surface area contributed by atoms with E-state index in [9.17, 15) is 14.7 Å². The highest BCUT2D eigenvalue weighted by molar-refractivity contribution is 6.34. The van der Waals surface area contributed by atoms with Crippen molar-refractivity contribution in [3.63, 3.8) is 0 Å². The number of phenolic OH excluding ortho intramolecular Hbond substituents is 1. The third-order valence-electron chi connectivity index (χ3n) is 4.14. The number of carbonyl (C=O) groups excluding carboxylic acids is 2. The van der Waals surface area contributed by atoms with Gasteiger partial charge in [0.2, 0.25) is 0 Å². The molecule has 30 heavy (non-hydrogen) atoms. The van der Waals surface area contributed by atoms with E-state index in [1.54, 1.807) is 66.7 Å². The molecule has 3 aromatic rings. The van der Waals surface area contributed by atoms with Gasteiger partial charge in [-0.1, -0.05) is 29.8 Å². The lowest BCUT2D eigenvalue weighted by Crippen LogP contribution is -2.18. The van der Waals surface area contributed by atoms with Crippen LogP contribution < -0.4 is 15.5 Å². The van der Waals surface area contributed by atoms with Crippen molar-refractivity contribution in [1.29, 1.82) is 0 Å². The molecule has 3 rings (SSSR count). The highest BCUT2D eigenvalue weighted by Gasteiger charge is 2.11. The predicted octanol–water partition coefficient (Wildman–Crippen LogP) is 4.07. The summed E-state index contributed by atoms with van der Waals surface area (Å²) < 4.78 is 5.02. The summed E-state index contributed by atoms with van der Waals surface area (Å²) in [5.41, 5.74) is 3.99. The summed E-state index contributed by atoms with van der Waals surface area (Å²) in [7, 11) is 1.44. The minimum absolute atomic E-state index is 0.0726. The zero-order valence-corrected chi connectivity index (χ0v) is 16.7. The van der Waals surface area contributed by atoms with E-state index in [1.165, 1.54) is 13.3 Å². The zero-order valence-electron chi connectivity index (χ0n) is 15.9. The number of phenols is 1. The molecule has 0 bridgehead atoms. The number of methoxy groups -OCH3 is 1. The van der Waals surface area contributed by atoms with E-state index in [0.717, 1.165) is 0 Å². The minimum atomic E-state index is -0.447. The highest BCUT2D eigenvalue weighted by atomic mass is 35.5. The number of rotatable bonds is 6. The Hall–Kier alpha value is -3.84. The molecule has 0 aliphatic heterocycles. The lowest BCUT2D eigenvalue weighted by atomic mass is 10.1. The van der Waals surface area contributed by atoms with Crippen LogP contribution in [0.3, 0.4) is 0 Å². The summed E-state index contributed by atoms with van der Waals surface area (Å²) >= 11 is 6.02. The Morgan fingerprint density at radius 1 is 1.00 bits per heavy atom. The van der Waals surface area contributed by atoms with Gasteiger partial charge in [-0.2, -0.15) is 5.10 Å². The van der Waals surface area contributed by atoms with Crippen molar-refractivity contribution >= 4 is 35.3 Å². The Morgan fingerprint density at radius 2 is 1.73 bits per heavy atom. The van der Waals surface area contributed by atoms with Gasteiger partial charge in [-0.15, -0.1) is 0 Å². The molecule has 3 aromatic carbocycles. The molecule has 0 radical (unpaired) electrons. The molecule has 0 aliphatic carbocycles. The van der Waals surface area contributed by atoms with Crippen molar-refractivity contribution in [3.05, 3.63) is 88.4 Å². The molecule has 0 atom stereocenters. The topological polar surface area (TPSA) is 100 Å². The molecule has 0 spiro atoms. The van der Waals surface area contributed by atoms with Crippen LogP contribution in [0.2, 0.25) is 5.02 Å². The first-order chi connectivity index (χ1) is 14.5. The summed E-state index contributed by atoms with van der Waals surface area (Å²) in [6.45, 7) is 0. The van der Waals surface area contributed by atoms with Crippen LogP contribution in [0, 0.1) is 0 Å². The Bertz CT molecular complexity index is 1100. The van der Waals surface area contributed by atoms with Gasteiger partial charge in [0, 0.05) is 16.8 Å². The van der Waals surface area contributed by atoms with Crippen LogP contribution in [0.4, 0.5) is 5.69 Å². The number of nitrogens with one attached hydrogen (secondary N) is 2. The summed E-state index contributed by atoms with van der Waals surface area (Å²) in [4.78, 5) is 24.5. The van der Waals surface area contributed by atoms with Crippen molar-refractivity contribution in [3.8, 4) is 11.5 Å². The second kappa shape index (κ2) is 9.58. The molecule has 0 fully saturated rings. The fraction of sp³-hybridized carbons (Fsp3) is 0.0455. The SMILES string of the molecule is COc1cccc(C=NNC(=O)c2ccc(NC(=O)c3ccccc3Cl)cc2)c1O. The molecule has 3 N–H and O–H groups in total. The minimum Gasteiger partial charge on any atom is -0.504 e. The summed E-state index contributed by atoms with van der Waals surface area (Å²) in [5.74, 6) is -0.561. The van der Waals surface area contributed by atoms with Gasteiger partial charge in [0.25, 0.3) is 11.8 Å². The second-order valence-corrected chi connectivity index (χ2v) is 6.52. The van der Waals surface area contributed by atoms with Crippen LogP contribution in [0.1, 0.15) is 26.3 Å². The third-order valence-corrected chi connectivity index (χ3v) is 4.47. The molecule has 0 saturated carbocycles. The van der Waals surface area contributed by atoms with Crippen LogP contribution in [0.25, 0.3) is 0 Å². The Morgan fingerprint density at radius 3 is 2.43 bits per heavy atom. The van der Waals surface area contributed by atoms with E-state index in [2.05, 4.69) is 15.8 Å². The average Bonchev–Trinajstić information content (AvgIpc) is 2.75. The number of halogens is 1. The Kier molecular flexibility index (Phi) is 6.67. The van der Waals surface area contributed by atoms with Crippen LogP contribution in [0.15, 0.2) is 71.8 Å². The van der Waals surface area contributed by atoms with Gasteiger partial charge < -0.3 is 15.2 Å². The van der Waals surface area contributed by atoms with Crippen molar-refractivity contribution in [1.82, 2.24) is 5.43 Å². The number of hydrazone groups is 1. The smallest absolute Gasteiger partial charge is 0.271 e. The standard InChI is InChI=1S/C22H18ClN3O4/c1-30-19-8-4-5-15(20(19)27)13-24-26-21(28)14-9-11-16(12-10-14)25-22(29)17-6-2-3-7-18(17)23/h2-13,27H,1H3,(H,25,29)(H,26,28). The molecule has 7 nitrogen and oxygen atoms in total. The number of para-hydroxylation sites is 1. The molecule has 0 heterocycles. The summed E-state index contributed by atoms with van der Waals surface area (Å²) in [5, 5.41) is 16.9. The van der Waals surface area contributed by atoms with Crippen LogP contribution >= 0.6 is 11.6 Å². The largest absolute Gasteiger partial charge is 0.504 e. The normalized spacial score (nSPS) is 10.6. The van der Waals surface area contributed by atoms with Crippen molar-refractivity contribution in [2.24, 2.45) is 5.10 Å². The maximum absolute atomic E-state index is 12.3. The van der Waals surface area contributed by atoms with Crippen molar-refractivity contribution < 1.29 is 19.4 Å². The third kappa shape index (κ3) is 4.95. The fourth-order valence-electron chi connectivity index (χ4n) is 2.58. The molecule has 0 saturated heterocycles.